The summed E-state index contributed by atoms with van der Waals surface area (Å²) in [5.41, 5.74) is 7.96. The number of hydrogen-bond donors (Lipinski definition) is 2. The average Bonchev–Trinajstić information content (AvgIpc) is 3.13. The van der Waals surface area contributed by atoms with Gasteiger partial charge in [-0.2, -0.15) is 0 Å². The van der Waals surface area contributed by atoms with E-state index in [9.17, 15) is 0 Å². The first kappa shape index (κ1) is 21.2. The summed E-state index contributed by atoms with van der Waals surface area (Å²) in [6.45, 7) is 13.6. The van der Waals surface area contributed by atoms with Crippen molar-refractivity contribution in [3.05, 3.63) is 42.0 Å². The Hall–Kier alpha value is -2.02. The van der Waals surface area contributed by atoms with Gasteiger partial charge < -0.3 is 15.1 Å². The third-order valence-corrected chi connectivity index (χ3v) is 6.05. The van der Waals surface area contributed by atoms with Gasteiger partial charge in [-0.25, -0.2) is 5.43 Å². The molecular formula is C24H35N5O. The second-order valence-electron chi connectivity index (χ2n) is 10.1. The summed E-state index contributed by atoms with van der Waals surface area (Å²) < 4.78 is 6.12. The molecule has 6 nitrogen and oxygen atoms in total. The van der Waals surface area contributed by atoms with Crippen molar-refractivity contribution in [1.29, 1.82) is 0 Å². The Morgan fingerprint density at radius 2 is 2.13 bits per heavy atom. The molecule has 0 aromatic carbocycles. The van der Waals surface area contributed by atoms with Crippen LogP contribution in [0.15, 0.2) is 30.6 Å². The summed E-state index contributed by atoms with van der Waals surface area (Å²) in [4.78, 5) is 9.71. The number of nitrogens with one attached hydrogen (secondary N) is 2. The number of nitrogens with zero attached hydrogens (tertiary/aromatic N) is 3. The number of hydrogen-bond acceptors (Lipinski definition) is 6. The van der Waals surface area contributed by atoms with E-state index in [1.165, 1.54) is 5.57 Å². The van der Waals surface area contributed by atoms with Crippen LogP contribution < -0.4 is 10.7 Å². The fourth-order valence-corrected chi connectivity index (χ4v) is 4.01. The van der Waals surface area contributed by atoms with Gasteiger partial charge in [0.25, 0.3) is 0 Å². The maximum atomic E-state index is 6.12. The molecule has 0 amide bonds. The smallest absolute Gasteiger partial charge is 0.0741 e. The van der Waals surface area contributed by atoms with Gasteiger partial charge in [-0.3, -0.25) is 9.97 Å². The Morgan fingerprint density at radius 1 is 1.30 bits per heavy atom. The summed E-state index contributed by atoms with van der Waals surface area (Å²) in [5.74, 6) is 0. The third kappa shape index (κ3) is 4.82. The van der Waals surface area contributed by atoms with Gasteiger partial charge in [0.1, 0.15) is 0 Å². The monoisotopic (exact) mass is 409 g/mol. The van der Waals surface area contributed by atoms with E-state index < -0.39 is 0 Å². The van der Waals surface area contributed by atoms with Crippen molar-refractivity contribution in [2.24, 2.45) is 0 Å². The van der Waals surface area contributed by atoms with Crippen LogP contribution in [-0.4, -0.2) is 51.9 Å². The molecule has 0 unspecified atom stereocenters. The topological polar surface area (TPSA) is 62.3 Å². The lowest BCUT2D eigenvalue weighted by atomic mass is 10.0. The minimum absolute atomic E-state index is 0.0251. The molecule has 6 heteroatoms. The average molecular weight is 410 g/mol. The third-order valence-electron chi connectivity index (χ3n) is 6.05. The van der Waals surface area contributed by atoms with Crippen LogP contribution in [0.1, 0.15) is 58.8 Å². The van der Waals surface area contributed by atoms with Crippen LogP contribution in [0.25, 0.3) is 16.5 Å². The quantitative estimate of drug-likeness (QED) is 0.803. The van der Waals surface area contributed by atoms with E-state index in [2.05, 4.69) is 73.7 Å². The largest absolute Gasteiger partial charge is 0.377 e. The van der Waals surface area contributed by atoms with Crippen LogP contribution in [0.5, 0.6) is 0 Å². The van der Waals surface area contributed by atoms with E-state index in [1.54, 1.807) is 0 Å². The van der Waals surface area contributed by atoms with Crippen molar-refractivity contribution in [3.63, 3.8) is 0 Å². The van der Waals surface area contributed by atoms with Gasteiger partial charge in [0.05, 0.1) is 23.0 Å². The molecule has 4 rings (SSSR count). The number of ether oxygens (including phenoxy) is 1. The number of fused-ring (bicyclic) bond motifs is 1. The molecular weight excluding hydrogens is 374 g/mol. The molecule has 2 aromatic heterocycles. The summed E-state index contributed by atoms with van der Waals surface area (Å²) >= 11 is 0. The predicted octanol–water partition coefficient (Wildman–Crippen LogP) is 3.68. The van der Waals surface area contributed by atoms with E-state index in [4.69, 9.17) is 9.72 Å². The van der Waals surface area contributed by atoms with Gasteiger partial charge in [0.2, 0.25) is 0 Å². The zero-order valence-corrected chi connectivity index (χ0v) is 19.0. The molecule has 2 N–H and O–H groups in total. The van der Waals surface area contributed by atoms with Crippen LogP contribution >= 0.6 is 0 Å². The Kier molecular flexibility index (Phi) is 5.84. The number of aryl methyl sites for hydroxylation is 1. The summed E-state index contributed by atoms with van der Waals surface area (Å²) in [5, 5.41) is 6.95. The molecule has 1 fully saturated rings. The highest BCUT2D eigenvalue weighted by molar-refractivity contribution is 5.84. The van der Waals surface area contributed by atoms with Gasteiger partial charge in [-0.05, 0) is 72.1 Å². The molecule has 0 spiro atoms. The Bertz CT molecular complexity index is 931. The molecule has 1 saturated heterocycles. The Labute approximate surface area is 180 Å². The van der Waals surface area contributed by atoms with Crippen LogP contribution in [0.2, 0.25) is 0 Å². The van der Waals surface area contributed by atoms with Crippen LogP contribution in [-0.2, 0) is 11.2 Å². The molecule has 0 radical (unpaired) electrons. The highest BCUT2D eigenvalue weighted by Gasteiger charge is 2.26. The molecule has 1 atom stereocenters. The highest BCUT2D eigenvalue weighted by Crippen LogP contribution is 2.26. The van der Waals surface area contributed by atoms with Crippen molar-refractivity contribution >= 4 is 16.5 Å². The van der Waals surface area contributed by atoms with Crippen molar-refractivity contribution in [2.75, 3.05) is 19.7 Å². The number of hydrazine groups is 1. The van der Waals surface area contributed by atoms with Gasteiger partial charge in [0, 0.05) is 54.1 Å². The normalized spacial score (nSPS) is 22.2. The summed E-state index contributed by atoms with van der Waals surface area (Å²) in [7, 11) is 0. The van der Waals surface area contributed by atoms with E-state index in [-0.39, 0.29) is 17.2 Å². The van der Waals surface area contributed by atoms with Crippen LogP contribution in [0.4, 0.5) is 0 Å². The Balaban J connectivity index is 1.57. The zero-order valence-electron chi connectivity index (χ0n) is 19.0. The van der Waals surface area contributed by atoms with Crippen molar-refractivity contribution in [2.45, 2.75) is 71.1 Å². The fourth-order valence-electron chi connectivity index (χ4n) is 4.01. The second kappa shape index (κ2) is 8.25. The van der Waals surface area contributed by atoms with E-state index >= 15 is 0 Å². The fraction of sp³-hybridized carbons (Fsp3) is 0.583. The lowest BCUT2D eigenvalue weighted by Crippen LogP contribution is -2.43. The molecule has 2 aliphatic rings. The van der Waals surface area contributed by atoms with E-state index in [0.29, 0.717) is 0 Å². The summed E-state index contributed by atoms with van der Waals surface area (Å²) in [6, 6.07) is 6.24. The lowest BCUT2D eigenvalue weighted by Gasteiger charge is -2.31. The molecule has 0 aliphatic carbocycles. The zero-order chi connectivity index (χ0) is 21.4. The van der Waals surface area contributed by atoms with Gasteiger partial charge in [-0.1, -0.05) is 0 Å². The standard InChI is InChI=1S/C24H35N5O/c1-23(2,3)29-16-17(14-27-29)21-13-22-19(7-6-11-25-22)20(28-21)9-8-18-15-26-24(4,5)10-12-30-18/h6-7,11,13,16,18,26-27H,8-10,12,14-15H2,1-5H3/t18-/m1/s1. The molecule has 2 aromatic rings. The predicted molar refractivity (Wildman–Crippen MR) is 122 cm³/mol. The molecule has 0 bridgehead atoms. The first-order valence-electron chi connectivity index (χ1n) is 11.1. The molecule has 4 heterocycles. The minimum atomic E-state index is 0.0251. The number of pyridine rings is 2. The van der Waals surface area contributed by atoms with Crippen molar-refractivity contribution in [3.8, 4) is 0 Å². The van der Waals surface area contributed by atoms with Gasteiger partial charge >= 0.3 is 0 Å². The van der Waals surface area contributed by atoms with Gasteiger partial charge in [-0.15, -0.1) is 0 Å². The maximum absolute atomic E-state index is 6.12. The second-order valence-corrected chi connectivity index (χ2v) is 10.1. The molecule has 0 saturated carbocycles. The summed E-state index contributed by atoms with van der Waals surface area (Å²) in [6.07, 6.45) is 7.13. The van der Waals surface area contributed by atoms with Crippen molar-refractivity contribution in [1.82, 2.24) is 25.7 Å². The highest BCUT2D eigenvalue weighted by atomic mass is 16.5. The van der Waals surface area contributed by atoms with Crippen LogP contribution in [0, 0.1) is 0 Å². The first-order valence-corrected chi connectivity index (χ1v) is 11.1. The van der Waals surface area contributed by atoms with E-state index in [0.717, 1.165) is 61.2 Å². The molecule has 30 heavy (non-hydrogen) atoms. The molecule has 2 aliphatic heterocycles. The number of aromatic nitrogens is 2. The van der Waals surface area contributed by atoms with Crippen LogP contribution in [0.3, 0.4) is 0 Å². The number of rotatable bonds is 4. The first-order chi connectivity index (χ1) is 14.2. The lowest BCUT2D eigenvalue weighted by molar-refractivity contribution is 0.0602. The maximum Gasteiger partial charge on any atom is 0.0741 e. The van der Waals surface area contributed by atoms with Crippen molar-refractivity contribution < 1.29 is 4.74 Å². The van der Waals surface area contributed by atoms with Gasteiger partial charge in [0.15, 0.2) is 0 Å². The van der Waals surface area contributed by atoms with E-state index in [1.807, 2.05) is 12.3 Å². The molecule has 162 valence electrons. The Morgan fingerprint density at radius 3 is 2.90 bits per heavy atom. The minimum Gasteiger partial charge on any atom is -0.377 e. The SMILES string of the molecule is CC1(C)CCO[C@H](CCc2nc(C3=CN(C(C)(C)C)NC3)cc3ncccc23)CN1.